The number of rotatable bonds is 8. The molecule has 4 rings (SSSR count). The Hall–Kier alpha value is -2.20. The molecule has 1 saturated carbocycles. The van der Waals surface area contributed by atoms with E-state index in [9.17, 15) is 13.2 Å². The summed E-state index contributed by atoms with van der Waals surface area (Å²) in [5, 5.41) is 2.99. The van der Waals surface area contributed by atoms with Crippen LogP contribution >= 0.6 is 0 Å². The van der Waals surface area contributed by atoms with Crippen LogP contribution < -0.4 is 5.32 Å². The van der Waals surface area contributed by atoms with Crippen molar-refractivity contribution in [2.45, 2.75) is 56.0 Å². The first-order chi connectivity index (χ1) is 16.4. The number of hydrogen-bond acceptors (Lipinski definition) is 6. The van der Waals surface area contributed by atoms with E-state index in [1.165, 1.54) is 10.4 Å². The highest BCUT2D eigenvalue weighted by Crippen LogP contribution is 2.27. The van der Waals surface area contributed by atoms with E-state index in [1.54, 1.807) is 25.2 Å². The molecule has 1 aromatic heterocycles. The highest BCUT2D eigenvalue weighted by atomic mass is 32.2. The molecule has 1 aromatic carbocycles. The predicted octanol–water partition coefficient (Wildman–Crippen LogP) is 3.34. The Kier molecular flexibility index (Phi) is 8.08. The van der Waals surface area contributed by atoms with Crippen molar-refractivity contribution in [2.24, 2.45) is 0 Å². The lowest BCUT2D eigenvalue weighted by Crippen LogP contribution is -2.43. The molecule has 2 heterocycles. The molecule has 1 unspecified atom stereocenters. The Bertz CT molecular complexity index is 1070. The summed E-state index contributed by atoms with van der Waals surface area (Å²) in [5.74, 6) is 1.31. The van der Waals surface area contributed by atoms with E-state index in [4.69, 9.17) is 9.15 Å². The van der Waals surface area contributed by atoms with Crippen LogP contribution in [0.25, 0.3) is 0 Å². The summed E-state index contributed by atoms with van der Waals surface area (Å²) in [6.45, 7) is 5.03. The summed E-state index contributed by atoms with van der Waals surface area (Å²) in [4.78, 5) is 15.4. The zero-order valence-electron chi connectivity index (χ0n) is 20.0. The topological polar surface area (TPSA) is 92.1 Å². The normalized spacial score (nSPS) is 19.3. The molecule has 1 aliphatic carbocycles. The fraction of sp³-hybridized carbons (Fsp3) is 0.560. The lowest BCUT2D eigenvalue weighted by atomic mass is 9.96. The molecule has 0 radical (unpaired) electrons. The number of benzene rings is 1. The van der Waals surface area contributed by atoms with Crippen LogP contribution in [-0.4, -0.2) is 69.5 Å². The van der Waals surface area contributed by atoms with Crippen molar-refractivity contribution < 1.29 is 22.4 Å². The van der Waals surface area contributed by atoms with Gasteiger partial charge in [-0.25, -0.2) is 8.42 Å². The van der Waals surface area contributed by atoms with E-state index in [1.807, 2.05) is 19.1 Å². The standard InChI is InChI=1S/C25H35N3O5S/c1-19-11-12-24(33-19)23(28-13-15-32-16-14-28)18-26-25(29)20-7-6-10-22(17-20)34(30,31)27(2)21-8-4-3-5-9-21/h6-7,10-12,17,21,23H,3-5,8-9,13-16,18H2,1-2H3,(H,26,29). The quantitative estimate of drug-likeness (QED) is 0.612. The molecule has 186 valence electrons. The van der Waals surface area contributed by atoms with Gasteiger partial charge in [-0.1, -0.05) is 25.3 Å². The predicted molar refractivity (Wildman–Crippen MR) is 129 cm³/mol. The molecule has 1 atom stereocenters. The molecule has 34 heavy (non-hydrogen) atoms. The van der Waals surface area contributed by atoms with Crippen molar-refractivity contribution in [2.75, 3.05) is 39.9 Å². The molecule has 1 saturated heterocycles. The summed E-state index contributed by atoms with van der Waals surface area (Å²) in [5.41, 5.74) is 0.328. The first kappa shape index (κ1) is 24.9. The molecule has 1 amide bonds. The number of nitrogens with zero attached hydrogens (tertiary/aromatic N) is 2. The van der Waals surface area contributed by atoms with Gasteiger partial charge in [0.1, 0.15) is 11.5 Å². The highest BCUT2D eigenvalue weighted by Gasteiger charge is 2.30. The maximum Gasteiger partial charge on any atom is 0.251 e. The smallest absolute Gasteiger partial charge is 0.251 e. The van der Waals surface area contributed by atoms with Crippen LogP contribution in [0.2, 0.25) is 0 Å². The number of sulfonamides is 1. The number of carbonyl (C=O) groups excluding carboxylic acids is 1. The van der Waals surface area contributed by atoms with Gasteiger partial charge in [-0.3, -0.25) is 9.69 Å². The number of furan rings is 1. The van der Waals surface area contributed by atoms with Crippen LogP contribution in [-0.2, 0) is 14.8 Å². The molecular formula is C25H35N3O5S. The fourth-order valence-electron chi connectivity index (χ4n) is 4.83. The van der Waals surface area contributed by atoms with Crippen molar-refractivity contribution >= 4 is 15.9 Å². The van der Waals surface area contributed by atoms with Crippen molar-refractivity contribution in [3.05, 3.63) is 53.5 Å². The minimum atomic E-state index is -3.67. The third-order valence-corrected chi connectivity index (χ3v) is 8.80. The van der Waals surface area contributed by atoms with Gasteiger partial charge in [0.25, 0.3) is 5.91 Å². The molecule has 1 N–H and O–H groups in total. The zero-order chi connectivity index (χ0) is 24.1. The van der Waals surface area contributed by atoms with Gasteiger partial charge >= 0.3 is 0 Å². The minimum Gasteiger partial charge on any atom is -0.465 e. The SMILES string of the molecule is Cc1ccc(C(CNC(=O)c2cccc(S(=O)(=O)N(C)C3CCCCC3)c2)N2CCOCC2)o1. The number of nitrogens with one attached hydrogen (secondary N) is 1. The summed E-state index contributed by atoms with van der Waals surface area (Å²) < 4.78 is 39.3. The van der Waals surface area contributed by atoms with Crippen molar-refractivity contribution in [3.63, 3.8) is 0 Å². The van der Waals surface area contributed by atoms with Crippen molar-refractivity contribution in [1.29, 1.82) is 0 Å². The molecule has 2 fully saturated rings. The second-order valence-corrected chi connectivity index (χ2v) is 11.2. The van der Waals surface area contributed by atoms with Gasteiger partial charge in [0, 0.05) is 38.3 Å². The van der Waals surface area contributed by atoms with E-state index in [2.05, 4.69) is 10.2 Å². The maximum atomic E-state index is 13.2. The van der Waals surface area contributed by atoms with E-state index in [0.717, 1.165) is 56.7 Å². The second kappa shape index (κ2) is 11.0. The monoisotopic (exact) mass is 489 g/mol. The minimum absolute atomic E-state index is 0.0160. The van der Waals surface area contributed by atoms with Gasteiger partial charge in [0.05, 0.1) is 24.2 Å². The summed E-state index contributed by atoms with van der Waals surface area (Å²) in [7, 11) is -2.02. The first-order valence-electron chi connectivity index (χ1n) is 12.1. The third kappa shape index (κ3) is 5.71. The number of amides is 1. The number of ether oxygens (including phenoxy) is 1. The van der Waals surface area contributed by atoms with Crippen molar-refractivity contribution in [3.8, 4) is 0 Å². The summed E-state index contributed by atoms with van der Waals surface area (Å²) in [6, 6.07) is 10.1. The number of hydrogen-bond donors (Lipinski definition) is 1. The van der Waals surface area contributed by atoms with Crippen LogP contribution in [0.3, 0.4) is 0 Å². The Morgan fingerprint density at radius 2 is 1.88 bits per heavy atom. The fourth-order valence-corrected chi connectivity index (χ4v) is 6.29. The molecule has 2 aromatic rings. The van der Waals surface area contributed by atoms with E-state index >= 15 is 0 Å². The molecular weight excluding hydrogens is 454 g/mol. The molecule has 0 spiro atoms. The molecule has 1 aliphatic heterocycles. The summed E-state index contributed by atoms with van der Waals surface area (Å²) >= 11 is 0. The average molecular weight is 490 g/mol. The van der Waals surface area contributed by atoms with Gasteiger partial charge in [-0.2, -0.15) is 4.31 Å². The largest absolute Gasteiger partial charge is 0.465 e. The zero-order valence-corrected chi connectivity index (χ0v) is 20.9. The average Bonchev–Trinajstić information content (AvgIpc) is 3.30. The highest BCUT2D eigenvalue weighted by molar-refractivity contribution is 7.89. The Morgan fingerprint density at radius 3 is 2.56 bits per heavy atom. The Balaban J connectivity index is 1.46. The first-order valence-corrected chi connectivity index (χ1v) is 13.5. The number of morpholine rings is 1. The van der Waals surface area contributed by atoms with Crippen LogP contribution in [0, 0.1) is 6.92 Å². The third-order valence-electron chi connectivity index (χ3n) is 6.89. The maximum absolute atomic E-state index is 13.2. The Labute approximate surface area is 202 Å². The van der Waals surface area contributed by atoms with Gasteiger partial charge in [-0.15, -0.1) is 0 Å². The van der Waals surface area contributed by atoms with Gasteiger partial charge < -0.3 is 14.5 Å². The van der Waals surface area contributed by atoms with E-state index in [0.29, 0.717) is 25.3 Å². The van der Waals surface area contributed by atoms with E-state index in [-0.39, 0.29) is 22.9 Å². The molecule has 9 heteroatoms. The van der Waals surface area contributed by atoms with Gasteiger partial charge in [-0.05, 0) is 50.1 Å². The molecule has 2 aliphatic rings. The van der Waals surface area contributed by atoms with Crippen LogP contribution in [0.4, 0.5) is 0 Å². The van der Waals surface area contributed by atoms with Gasteiger partial charge in [0.2, 0.25) is 10.0 Å². The molecule has 0 bridgehead atoms. The lowest BCUT2D eigenvalue weighted by molar-refractivity contribution is 0.0117. The van der Waals surface area contributed by atoms with Crippen molar-refractivity contribution in [1.82, 2.24) is 14.5 Å². The van der Waals surface area contributed by atoms with Gasteiger partial charge in [0.15, 0.2) is 0 Å². The lowest BCUT2D eigenvalue weighted by Gasteiger charge is -2.33. The molecule has 8 nitrogen and oxygen atoms in total. The number of carbonyl (C=O) groups is 1. The summed E-state index contributed by atoms with van der Waals surface area (Å²) in [6.07, 6.45) is 5.01. The second-order valence-electron chi connectivity index (χ2n) is 9.16. The number of aryl methyl sites for hydroxylation is 1. The van der Waals surface area contributed by atoms with E-state index < -0.39 is 10.0 Å². The Morgan fingerprint density at radius 1 is 1.15 bits per heavy atom. The van der Waals surface area contributed by atoms with Crippen LogP contribution in [0.1, 0.15) is 60.0 Å². The van der Waals surface area contributed by atoms with Crippen LogP contribution in [0.5, 0.6) is 0 Å². The van der Waals surface area contributed by atoms with Crippen LogP contribution in [0.15, 0.2) is 45.7 Å².